The Hall–Kier alpha value is -2.42. The van der Waals surface area contributed by atoms with E-state index in [1.165, 1.54) is 31.9 Å². The fraction of sp³-hybridized carbons (Fsp3) is 0.417. The Labute approximate surface area is 307 Å². The molecule has 1 heterocycles. The normalized spacial score (nSPS) is 16.5. The summed E-state index contributed by atoms with van der Waals surface area (Å²) in [5.74, 6) is -2.42. The van der Waals surface area contributed by atoms with E-state index in [9.17, 15) is 79.8 Å². The van der Waals surface area contributed by atoms with E-state index in [1.807, 2.05) is 0 Å². The summed E-state index contributed by atoms with van der Waals surface area (Å²) in [6.45, 7) is -6.99. The summed E-state index contributed by atoms with van der Waals surface area (Å²) in [5, 5.41) is 0. The molecule has 0 radical (unpaired) electrons. The molecule has 2 atom stereocenters. The lowest BCUT2D eigenvalue weighted by Crippen LogP contribution is -2.49. The highest BCUT2D eigenvalue weighted by atomic mass is 79.9. The summed E-state index contributed by atoms with van der Waals surface area (Å²) in [6.07, 6.45) is -11.4. The fourth-order valence-electron chi connectivity index (χ4n) is 3.46. The predicted molar refractivity (Wildman–Crippen MR) is 158 cm³/mol. The molecule has 27 heteroatoms. The van der Waals surface area contributed by atoms with Gasteiger partial charge in [0.2, 0.25) is 11.8 Å². The van der Waals surface area contributed by atoms with Crippen molar-refractivity contribution in [3.8, 4) is 11.5 Å². The number of ether oxygens (including phenoxy) is 2. The minimum absolute atomic E-state index is 0.0366. The molecule has 1 fully saturated rings. The van der Waals surface area contributed by atoms with Gasteiger partial charge >= 0.3 is 46.6 Å². The molecule has 0 spiro atoms. The molecule has 4 N–H and O–H groups in total. The third-order valence-corrected chi connectivity index (χ3v) is 8.43. The van der Waals surface area contributed by atoms with E-state index in [-0.39, 0.29) is 23.9 Å². The quantitative estimate of drug-likeness (QED) is 0.0897. The third-order valence-electron chi connectivity index (χ3n) is 5.89. The maximum Gasteiger partial charge on any atom is 0.433 e. The minimum atomic E-state index is -6.06. The molecule has 1 saturated heterocycles. The maximum atomic E-state index is 14.1. The number of imide groups is 1. The van der Waals surface area contributed by atoms with Crippen LogP contribution >= 0.6 is 63.9 Å². The van der Waals surface area contributed by atoms with Crippen molar-refractivity contribution in [3.05, 3.63) is 45.9 Å². The Kier molecular flexibility index (Phi) is 15.3. The highest BCUT2D eigenvalue weighted by molar-refractivity contribution is 9.10. The van der Waals surface area contributed by atoms with Crippen molar-refractivity contribution in [3.63, 3.8) is 0 Å². The SMILES string of the molecule is Nc1c(Br)cc(C(F)(C(F)(F)F)C(F)(F)Br)cc1OC(F)F.Nc1ccc(C(F)(C(F)(F)F)C(F)(F)Br)cc1OC(F)F.O=C1CCC(=O)N1Br. The van der Waals surface area contributed by atoms with Crippen LogP contribution in [0.25, 0.3) is 0 Å². The third kappa shape index (κ3) is 10.8. The van der Waals surface area contributed by atoms with Gasteiger partial charge in [-0.25, -0.2) is 12.7 Å². The summed E-state index contributed by atoms with van der Waals surface area (Å²) in [7, 11) is 0. The van der Waals surface area contributed by atoms with Gasteiger partial charge in [0.05, 0.1) is 27.5 Å². The van der Waals surface area contributed by atoms with E-state index in [0.29, 0.717) is 31.0 Å². The number of amides is 2. The van der Waals surface area contributed by atoms with Gasteiger partial charge in [0.1, 0.15) is 5.75 Å². The first-order chi connectivity index (χ1) is 22.7. The summed E-state index contributed by atoms with van der Waals surface area (Å²) < 4.78 is 213. The van der Waals surface area contributed by atoms with E-state index < -0.39 is 85.1 Å². The summed E-state index contributed by atoms with van der Waals surface area (Å²) in [6, 6.07) is 1.23. The molecule has 0 aliphatic carbocycles. The second-order valence-corrected chi connectivity index (χ2v) is 12.8. The monoisotopic (exact) mass is 1030 g/mol. The van der Waals surface area contributed by atoms with Gasteiger partial charge < -0.3 is 20.9 Å². The Morgan fingerprint density at radius 3 is 1.35 bits per heavy atom. The fourth-order valence-corrected chi connectivity index (χ4v) is 5.16. The Balaban J connectivity index is 0.000000419. The van der Waals surface area contributed by atoms with Crippen molar-refractivity contribution in [1.82, 2.24) is 3.93 Å². The first kappa shape index (κ1) is 46.6. The average Bonchev–Trinajstić information content (AvgIpc) is 3.24. The van der Waals surface area contributed by atoms with Crippen LogP contribution in [0, 0.1) is 0 Å². The zero-order chi connectivity index (χ0) is 40.3. The number of nitrogens with two attached hydrogens (primary N) is 2. The number of anilines is 2. The zero-order valence-corrected chi connectivity index (χ0v) is 30.1. The minimum Gasteiger partial charge on any atom is -0.433 e. The molecule has 3 rings (SSSR count). The Morgan fingerprint density at radius 1 is 0.647 bits per heavy atom. The van der Waals surface area contributed by atoms with Crippen LogP contribution < -0.4 is 20.9 Å². The molecule has 1 aliphatic rings. The number of halogens is 20. The first-order valence-electron chi connectivity index (χ1n) is 12.3. The lowest BCUT2D eigenvalue weighted by molar-refractivity contribution is -0.282. The smallest absolute Gasteiger partial charge is 0.433 e. The van der Waals surface area contributed by atoms with Crippen LogP contribution in [0.4, 0.5) is 81.6 Å². The van der Waals surface area contributed by atoms with Gasteiger partial charge in [-0.3, -0.25) is 9.59 Å². The van der Waals surface area contributed by atoms with E-state index in [4.69, 9.17) is 11.5 Å². The van der Waals surface area contributed by atoms with Gasteiger partial charge in [0, 0.05) is 28.4 Å². The largest absolute Gasteiger partial charge is 0.433 e. The molecule has 0 aromatic heterocycles. The number of hydrogen-bond donors (Lipinski definition) is 2. The molecular formula is C24H15Br4F16N3O4. The number of alkyl halides is 18. The van der Waals surface area contributed by atoms with Crippen LogP contribution in [-0.4, -0.2) is 51.0 Å². The molecule has 2 aromatic rings. The molecule has 2 unspecified atom stereocenters. The Morgan fingerprint density at radius 2 is 1.02 bits per heavy atom. The lowest BCUT2D eigenvalue weighted by atomic mass is 9.94. The molecular weight excluding hydrogens is 1020 g/mol. The van der Waals surface area contributed by atoms with Crippen molar-refractivity contribution < 1.29 is 89.3 Å². The van der Waals surface area contributed by atoms with E-state index in [1.54, 1.807) is 0 Å². The number of benzene rings is 2. The number of nitrogen functional groups attached to an aromatic ring is 2. The van der Waals surface area contributed by atoms with E-state index in [0.717, 1.165) is 3.93 Å². The number of nitrogens with zero attached hydrogens (tertiary/aromatic N) is 1. The highest BCUT2D eigenvalue weighted by Crippen LogP contribution is 2.57. The molecule has 290 valence electrons. The lowest BCUT2D eigenvalue weighted by Gasteiger charge is -2.32. The van der Waals surface area contributed by atoms with E-state index in [2.05, 4.69) is 41.6 Å². The van der Waals surface area contributed by atoms with Crippen molar-refractivity contribution in [2.24, 2.45) is 0 Å². The predicted octanol–water partition coefficient (Wildman–Crippen LogP) is 10.4. The van der Waals surface area contributed by atoms with Crippen molar-refractivity contribution >= 4 is 87.1 Å². The summed E-state index contributed by atoms with van der Waals surface area (Å²) >= 11 is 8.02. The van der Waals surface area contributed by atoms with Gasteiger partial charge in [0.25, 0.3) is 0 Å². The number of rotatable bonds is 8. The Bertz CT molecular complexity index is 1510. The van der Waals surface area contributed by atoms with Gasteiger partial charge in [0.15, 0.2) is 5.75 Å². The summed E-state index contributed by atoms with van der Waals surface area (Å²) in [5.41, 5.74) is -4.44. The second kappa shape index (κ2) is 16.7. The first-order valence-corrected chi connectivity index (χ1v) is 15.4. The van der Waals surface area contributed by atoms with Gasteiger partial charge in [-0.05, 0) is 72.1 Å². The van der Waals surface area contributed by atoms with Gasteiger partial charge in [-0.1, -0.05) is 6.07 Å². The molecule has 1 aliphatic heterocycles. The number of hydrogen-bond acceptors (Lipinski definition) is 6. The summed E-state index contributed by atoms with van der Waals surface area (Å²) in [4.78, 5) is 10.8. The number of carbonyl (C=O) groups is 2. The standard InChI is InChI=1S/C10H5Br2F8NO.C10H6BrF8NO.C4H4BrNO2/c11-4-1-3(2-5(6(4)21)22-7(13)14)8(15,9(12,16)17)10(18,19)20;11-9(15,16)8(14,10(17,18)19)4-1-2-5(20)6(3-4)21-7(12)13;5-6-3(7)1-2-4(6)8/h1-2,7H,21H2;1-3,7H,20H2;1-2H2. The van der Waals surface area contributed by atoms with Crippen LogP contribution in [-0.2, 0) is 20.9 Å². The maximum absolute atomic E-state index is 14.1. The second-order valence-electron chi connectivity index (χ2n) is 9.26. The van der Waals surface area contributed by atoms with Crippen molar-refractivity contribution in [2.75, 3.05) is 11.5 Å². The molecule has 2 aromatic carbocycles. The highest BCUT2D eigenvalue weighted by Gasteiger charge is 2.72. The van der Waals surface area contributed by atoms with Crippen LogP contribution in [0.3, 0.4) is 0 Å². The molecule has 2 amide bonds. The zero-order valence-electron chi connectivity index (χ0n) is 23.7. The molecule has 0 saturated carbocycles. The van der Waals surface area contributed by atoms with E-state index >= 15 is 0 Å². The van der Waals surface area contributed by atoms with Gasteiger partial charge in [-0.2, -0.15) is 61.5 Å². The van der Waals surface area contributed by atoms with Crippen LogP contribution in [0.15, 0.2) is 34.8 Å². The molecule has 0 bridgehead atoms. The van der Waals surface area contributed by atoms with Gasteiger partial charge in [-0.15, -0.1) is 0 Å². The molecule has 51 heavy (non-hydrogen) atoms. The number of carbonyl (C=O) groups excluding carboxylic acids is 2. The van der Waals surface area contributed by atoms with Crippen molar-refractivity contribution in [2.45, 2.75) is 59.4 Å². The molecule has 7 nitrogen and oxygen atoms in total. The van der Waals surface area contributed by atoms with Crippen LogP contribution in [0.1, 0.15) is 24.0 Å². The van der Waals surface area contributed by atoms with Crippen molar-refractivity contribution in [1.29, 1.82) is 0 Å². The van der Waals surface area contributed by atoms with Crippen LogP contribution in [0.2, 0.25) is 0 Å². The topological polar surface area (TPSA) is 108 Å². The van der Waals surface area contributed by atoms with Crippen LogP contribution in [0.5, 0.6) is 11.5 Å². The average molecular weight is 1030 g/mol.